The lowest BCUT2D eigenvalue weighted by molar-refractivity contribution is 0.0724. The fourth-order valence-electron chi connectivity index (χ4n) is 3.32. The zero-order chi connectivity index (χ0) is 21.8. The van der Waals surface area contributed by atoms with Gasteiger partial charge in [0, 0.05) is 22.8 Å². The van der Waals surface area contributed by atoms with Gasteiger partial charge in [-0.25, -0.2) is 12.8 Å². The van der Waals surface area contributed by atoms with Gasteiger partial charge in [-0.3, -0.25) is 4.79 Å². The van der Waals surface area contributed by atoms with E-state index >= 15 is 0 Å². The molecular weight excluding hydrogens is 459 g/mol. The van der Waals surface area contributed by atoms with Crippen LogP contribution < -0.4 is 0 Å². The molecule has 1 saturated heterocycles. The van der Waals surface area contributed by atoms with Crippen molar-refractivity contribution in [1.29, 1.82) is 0 Å². The Hall–Kier alpha value is -2.11. The van der Waals surface area contributed by atoms with Crippen LogP contribution in [0.2, 0.25) is 0 Å². The van der Waals surface area contributed by atoms with Gasteiger partial charge in [-0.1, -0.05) is 12.1 Å². The van der Waals surface area contributed by atoms with Crippen molar-refractivity contribution in [2.24, 2.45) is 0 Å². The van der Waals surface area contributed by atoms with Gasteiger partial charge in [0.15, 0.2) is 0 Å². The van der Waals surface area contributed by atoms with Crippen LogP contribution >= 0.6 is 22.7 Å². The van der Waals surface area contributed by atoms with Gasteiger partial charge in [0.2, 0.25) is 10.0 Å². The van der Waals surface area contributed by atoms with Crippen LogP contribution in [-0.4, -0.2) is 49.8 Å². The number of nitrogens with zero attached hydrogens (tertiary/aromatic N) is 2. The number of carbonyl (C=O) groups excluding carboxylic acids is 1. The van der Waals surface area contributed by atoms with Crippen LogP contribution in [0.3, 0.4) is 0 Å². The maximum absolute atomic E-state index is 14.7. The molecule has 3 aromatic rings. The predicted octanol–water partition coefficient (Wildman–Crippen LogP) is 3.81. The smallest absolute Gasteiger partial charge is 0.257 e. The third-order valence-electron chi connectivity index (χ3n) is 4.92. The van der Waals surface area contributed by atoms with Crippen molar-refractivity contribution < 1.29 is 22.3 Å². The number of thiophene rings is 2. The second-order valence-corrected chi connectivity index (χ2v) is 11.0. The summed E-state index contributed by atoms with van der Waals surface area (Å²) in [5.74, 6) is -1.29. The monoisotopic (exact) mass is 480 g/mol. The Morgan fingerprint density at radius 2 is 1.65 bits per heavy atom. The van der Waals surface area contributed by atoms with Gasteiger partial charge < -0.3 is 9.64 Å². The SMILES string of the molecule is O=C(c1cc(S(=O)(=O)N2CCOCC2)ccc1F)N(Cc1cccs1)Cc1cccs1. The average molecular weight is 481 g/mol. The summed E-state index contributed by atoms with van der Waals surface area (Å²) in [5.41, 5.74) is -0.248. The molecule has 0 aliphatic carbocycles. The molecule has 1 aliphatic heterocycles. The highest BCUT2D eigenvalue weighted by Gasteiger charge is 2.29. The number of hydrogen-bond acceptors (Lipinski definition) is 6. The van der Waals surface area contributed by atoms with Gasteiger partial charge in [0.1, 0.15) is 5.82 Å². The predicted molar refractivity (Wildman–Crippen MR) is 118 cm³/mol. The highest BCUT2D eigenvalue weighted by molar-refractivity contribution is 7.89. The van der Waals surface area contributed by atoms with E-state index in [1.165, 1.54) is 33.0 Å². The zero-order valence-electron chi connectivity index (χ0n) is 16.6. The number of amides is 1. The van der Waals surface area contributed by atoms with Gasteiger partial charge >= 0.3 is 0 Å². The summed E-state index contributed by atoms with van der Waals surface area (Å²) < 4.78 is 47.2. The van der Waals surface area contributed by atoms with Gasteiger partial charge in [-0.2, -0.15) is 4.31 Å². The van der Waals surface area contributed by atoms with Gasteiger partial charge in [-0.05, 0) is 41.1 Å². The quantitative estimate of drug-likeness (QED) is 0.516. The van der Waals surface area contributed by atoms with Crippen LogP contribution in [0, 0.1) is 5.82 Å². The van der Waals surface area contributed by atoms with Crippen LogP contribution in [0.5, 0.6) is 0 Å². The van der Waals surface area contributed by atoms with Crippen molar-refractivity contribution in [3.8, 4) is 0 Å². The summed E-state index contributed by atoms with van der Waals surface area (Å²) in [6.07, 6.45) is 0. The minimum atomic E-state index is -3.84. The average Bonchev–Trinajstić information content (AvgIpc) is 3.48. The molecule has 0 bridgehead atoms. The van der Waals surface area contributed by atoms with Gasteiger partial charge in [0.25, 0.3) is 5.91 Å². The van der Waals surface area contributed by atoms with Gasteiger partial charge in [0.05, 0.1) is 36.8 Å². The van der Waals surface area contributed by atoms with E-state index in [2.05, 4.69) is 0 Å². The first kappa shape index (κ1) is 22.1. The largest absolute Gasteiger partial charge is 0.379 e. The maximum Gasteiger partial charge on any atom is 0.257 e. The molecule has 10 heteroatoms. The lowest BCUT2D eigenvalue weighted by Crippen LogP contribution is -2.40. The van der Waals surface area contributed by atoms with E-state index in [-0.39, 0.29) is 23.5 Å². The van der Waals surface area contributed by atoms with E-state index < -0.39 is 21.7 Å². The Balaban J connectivity index is 1.65. The fraction of sp³-hybridized carbons (Fsp3) is 0.286. The first-order valence-corrected chi connectivity index (χ1v) is 12.9. The molecule has 0 unspecified atom stereocenters. The summed E-state index contributed by atoms with van der Waals surface area (Å²) in [7, 11) is -3.84. The van der Waals surface area contributed by atoms with Crippen molar-refractivity contribution in [2.75, 3.05) is 26.3 Å². The molecule has 0 spiro atoms. The molecule has 0 atom stereocenters. The Morgan fingerprint density at radius 3 is 2.19 bits per heavy atom. The second-order valence-electron chi connectivity index (χ2n) is 6.98. The summed E-state index contributed by atoms with van der Waals surface area (Å²) >= 11 is 3.02. The molecule has 0 N–H and O–H groups in total. The third-order valence-corrected chi connectivity index (χ3v) is 8.53. The van der Waals surface area contributed by atoms with Crippen molar-refractivity contribution in [1.82, 2.24) is 9.21 Å². The zero-order valence-corrected chi connectivity index (χ0v) is 19.0. The number of carbonyl (C=O) groups is 1. The third kappa shape index (κ3) is 5.04. The van der Waals surface area contributed by atoms with E-state index in [0.29, 0.717) is 26.3 Å². The van der Waals surface area contributed by atoms with Crippen LogP contribution in [0.15, 0.2) is 58.1 Å². The summed E-state index contributed by atoms with van der Waals surface area (Å²) in [6, 6.07) is 11.0. The van der Waals surface area contributed by atoms with E-state index in [1.54, 1.807) is 4.90 Å². The standard InChI is InChI=1S/C21H21FN2O4S3/c22-20-6-5-18(31(26,27)24-7-9-28-10-8-24)13-19(20)21(25)23(14-16-3-1-11-29-16)15-17-4-2-12-30-17/h1-6,11-13H,7-10,14-15H2. The van der Waals surface area contributed by atoms with Crippen molar-refractivity contribution in [3.63, 3.8) is 0 Å². The molecule has 164 valence electrons. The molecule has 0 saturated carbocycles. The molecule has 1 aliphatic rings. The molecule has 1 amide bonds. The van der Waals surface area contributed by atoms with Crippen molar-refractivity contribution >= 4 is 38.6 Å². The highest BCUT2D eigenvalue weighted by Crippen LogP contribution is 2.24. The van der Waals surface area contributed by atoms with E-state index in [1.807, 2.05) is 35.0 Å². The second kappa shape index (κ2) is 9.58. The fourth-order valence-corrected chi connectivity index (χ4v) is 6.19. The van der Waals surface area contributed by atoms with E-state index in [4.69, 9.17) is 4.74 Å². The molecule has 4 rings (SSSR count). The minimum absolute atomic E-state index is 0.0913. The number of hydrogen-bond donors (Lipinski definition) is 0. The van der Waals surface area contributed by atoms with Crippen molar-refractivity contribution in [2.45, 2.75) is 18.0 Å². The van der Waals surface area contributed by atoms with Crippen LogP contribution in [0.1, 0.15) is 20.1 Å². The molecule has 2 aromatic heterocycles. The summed E-state index contributed by atoms with van der Waals surface area (Å²) in [5, 5.41) is 3.83. The lowest BCUT2D eigenvalue weighted by Gasteiger charge is -2.26. The number of benzene rings is 1. The molecule has 1 fully saturated rings. The first-order valence-electron chi connectivity index (χ1n) is 9.66. The Morgan fingerprint density at radius 1 is 1.03 bits per heavy atom. The molecule has 31 heavy (non-hydrogen) atoms. The summed E-state index contributed by atoms with van der Waals surface area (Å²) in [4.78, 5) is 16.7. The highest BCUT2D eigenvalue weighted by atomic mass is 32.2. The normalized spacial score (nSPS) is 15.1. The molecule has 6 nitrogen and oxygen atoms in total. The summed E-state index contributed by atoms with van der Waals surface area (Å²) in [6.45, 7) is 1.70. The number of rotatable bonds is 7. The Kier molecular flexibility index (Phi) is 6.83. The van der Waals surface area contributed by atoms with E-state index in [0.717, 1.165) is 21.9 Å². The van der Waals surface area contributed by atoms with Crippen LogP contribution in [-0.2, 0) is 27.8 Å². The topological polar surface area (TPSA) is 66.9 Å². The minimum Gasteiger partial charge on any atom is -0.379 e. The first-order chi connectivity index (χ1) is 14.9. The maximum atomic E-state index is 14.7. The molecule has 3 heterocycles. The van der Waals surface area contributed by atoms with Crippen molar-refractivity contribution in [3.05, 3.63) is 74.4 Å². The molecule has 0 radical (unpaired) electrons. The number of halogens is 1. The number of sulfonamides is 1. The molecule has 1 aromatic carbocycles. The number of ether oxygens (including phenoxy) is 1. The van der Waals surface area contributed by atoms with Crippen LogP contribution in [0.4, 0.5) is 4.39 Å². The Bertz CT molecular complexity index is 1090. The lowest BCUT2D eigenvalue weighted by atomic mass is 10.1. The Labute approximate surface area is 188 Å². The van der Waals surface area contributed by atoms with Crippen LogP contribution in [0.25, 0.3) is 0 Å². The van der Waals surface area contributed by atoms with E-state index in [9.17, 15) is 17.6 Å². The number of morpholine rings is 1. The van der Waals surface area contributed by atoms with Gasteiger partial charge in [-0.15, -0.1) is 22.7 Å². The molecular formula is C21H21FN2O4S3.